The fraction of sp³-hybridized carbons (Fsp3) is 0.538. The lowest BCUT2D eigenvalue weighted by molar-refractivity contribution is 0.0104. The number of carbonyl (C=O) groups excluding carboxylic acids is 1. The van der Waals surface area contributed by atoms with Crippen molar-refractivity contribution >= 4 is 28.5 Å². The molecule has 1 atom stereocenters. The number of rotatable bonds is 11. The minimum Gasteiger partial charge on any atom is -0.451 e. The van der Waals surface area contributed by atoms with Gasteiger partial charge in [-0.05, 0) is 117 Å². The third-order valence-electron chi connectivity index (χ3n) is 11.6. The molecule has 0 unspecified atom stereocenters. The van der Waals surface area contributed by atoms with Gasteiger partial charge in [0.2, 0.25) is 0 Å². The van der Waals surface area contributed by atoms with Gasteiger partial charge in [0.05, 0.1) is 5.39 Å². The molecule has 0 bridgehead atoms. The van der Waals surface area contributed by atoms with Crippen molar-refractivity contribution in [3.05, 3.63) is 93.3 Å². The van der Waals surface area contributed by atoms with Crippen LogP contribution in [0.25, 0.3) is 11.0 Å². The van der Waals surface area contributed by atoms with Crippen molar-refractivity contribution in [1.29, 1.82) is 0 Å². The fourth-order valence-electron chi connectivity index (χ4n) is 8.79. The van der Waals surface area contributed by atoms with E-state index in [-0.39, 0.29) is 28.6 Å². The van der Waals surface area contributed by atoms with Crippen LogP contribution in [0.5, 0.6) is 0 Å². The van der Waals surface area contributed by atoms with Gasteiger partial charge >= 0.3 is 0 Å². The van der Waals surface area contributed by atoms with Crippen molar-refractivity contribution < 1.29 is 9.21 Å². The van der Waals surface area contributed by atoms with Gasteiger partial charge in [-0.15, -0.1) is 0 Å². The van der Waals surface area contributed by atoms with Crippen LogP contribution in [-0.2, 0) is 13.0 Å². The maximum Gasteiger partial charge on any atom is 0.287 e. The summed E-state index contributed by atoms with van der Waals surface area (Å²) in [5.74, 6) is 0.948. The predicted molar refractivity (Wildman–Crippen MR) is 189 cm³/mol. The van der Waals surface area contributed by atoms with E-state index in [1.54, 1.807) is 6.33 Å². The lowest BCUT2D eigenvalue weighted by Crippen LogP contribution is -2.48. The number of halogens is 1. The van der Waals surface area contributed by atoms with E-state index >= 15 is 0 Å². The van der Waals surface area contributed by atoms with Crippen LogP contribution in [0.1, 0.15) is 105 Å². The molecule has 1 amide bonds. The van der Waals surface area contributed by atoms with Crippen molar-refractivity contribution in [2.45, 2.75) is 102 Å². The number of piperidine rings is 1. The number of aromatic nitrogens is 3. The topological polar surface area (TPSA) is 93.3 Å². The van der Waals surface area contributed by atoms with Crippen molar-refractivity contribution in [2.75, 3.05) is 19.6 Å². The zero-order chi connectivity index (χ0) is 32.9. The summed E-state index contributed by atoms with van der Waals surface area (Å²) >= 11 is 6.18. The Balaban J connectivity index is 1.03. The Morgan fingerprint density at radius 1 is 0.979 bits per heavy atom. The standard InChI is InChI=1S/C39H48ClN5O3/c40-32-13-10-28(11-14-32)22-33(43-38(47)37-24-35(46)34-23-30(12-15-36(34)48-37)29-6-4-5-7-29)16-19-44-20-17-39(18-21-44,25-45-27-41-26-42-45)31-8-2-1-3-9-31/h10-15,23-24,26-27,29,31,33H,1-9,16-22,25H2,(H,43,47)/t33-/m1/s1. The average molecular weight is 670 g/mol. The average Bonchev–Trinajstić information content (AvgIpc) is 3.84. The molecule has 2 aliphatic carbocycles. The highest BCUT2D eigenvalue weighted by molar-refractivity contribution is 6.30. The normalized spacial score (nSPS) is 19.9. The summed E-state index contributed by atoms with van der Waals surface area (Å²) in [6, 6.07) is 14.9. The van der Waals surface area contributed by atoms with E-state index in [1.807, 2.05) is 47.4 Å². The highest BCUT2D eigenvalue weighted by Gasteiger charge is 2.42. The SMILES string of the molecule is O=C(N[C@H](CCN1CCC(Cn2cncn2)(C2CCCCC2)CC1)Cc1ccc(Cl)cc1)c1cc(=O)c2cc(C3CCCC3)ccc2o1. The first-order valence-electron chi connectivity index (χ1n) is 18.1. The van der Waals surface area contributed by atoms with E-state index in [9.17, 15) is 9.59 Å². The lowest BCUT2D eigenvalue weighted by Gasteiger charge is -2.48. The largest absolute Gasteiger partial charge is 0.451 e. The Hall–Kier alpha value is -3.49. The van der Waals surface area contributed by atoms with Crippen molar-refractivity contribution in [1.82, 2.24) is 25.0 Å². The fourth-order valence-corrected chi connectivity index (χ4v) is 8.92. The first-order chi connectivity index (χ1) is 23.4. The van der Waals surface area contributed by atoms with Crippen LogP contribution in [0.2, 0.25) is 5.02 Å². The summed E-state index contributed by atoms with van der Waals surface area (Å²) < 4.78 is 8.10. The molecule has 1 saturated heterocycles. The van der Waals surface area contributed by atoms with E-state index in [4.69, 9.17) is 16.0 Å². The lowest BCUT2D eigenvalue weighted by atomic mass is 9.63. The molecule has 2 aromatic heterocycles. The molecule has 2 aromatic carbocycles. The van der Waals surface area contributed by atoms with Gasteiger partial charge in [-0.2, -0.15) is 5.10 Å². The molecule has 9 heteroatoms. The third-order valence-corrected chi connectivity index (χ3v) is 11.8. The van der Waals surface area contributed by atoms with Crippen LogP contribution in [0, 0.1) is 11.3 Å². The molecule has 3 fully saturated rings. The predicted octanol–water partition coefficient (Wildman–Crippen LogP) is 7.79. The summed E-state index contributed by atoms with van der Waals surface area (Å²) in [7, 11) is 0. The van der Waals surface area contributed by atoms with Crippen molar-refractivity contribution in [2.24, 2.45) is 11.3 Å². The molecule has 7 rings (SSSR count). The number of amides is 1. The highest BCUT2D eigenvalue weighted by Crippen LogP contribution is 2.47. The van der Waals surface area contributed by atoms with Gasteiger partial charge < -0.3 is 14.6 Å². The first-order valence-corrected chi connectivity index (χ1v) is 18.5. The van der Waals surface area contributed by atoms with Crippen LogP contribution in [0.15, 0.2) is 70.4 Å². The second-order valence-electron chi connectivity index (χ2n) is 14.6. The third kappa shape index (κ3) is 7.70. The molecular formula is C39H48ClN5O3. The Kier molecular flexibility index (Phi) is 10.3. The number of hydrogen-bond acceptors (Lipinski definition) is 6. The molecular weight excluding hydrogens is 622 g/mol. The molecule has 254 valence electrons. The molecule has 4 aromatic rings. The number of carbonyl (C=O) groups is 1. The molecule has 0 spiro atoms. The number of fused-ring (bicyclic) bond motifs is 1. The number of nitrogens with one attached hydrogen (secondary N) is 1. The number of likely N-dealkylation sites (tertiary alicyclic amines) is 1. The summed E-state index contributed by atoms with van der Waals surface area (Å²) in [4.78, 5) is 33.6. The first kappa shape index (κ1) is 33.0. The van der Waals surface area contributed by atoms with E-state index in [0.29, 0.717) is 28.3 Å². The van der Waals surface area contributed by atoms with Gasteiger partial charge in [0.15, 0.2) is 11.2 Å². The smallest absolute Gasteiger partial charge is 0.287 e. The Labute approximate surface area is 288 Å². The van der Waals surface area contributed by atoms with Gasteiger partial charge in [-0.1, -0.05) is 61.9 Å². The van der Waals surface area contributed by atoms with Crippen molar-refractivity contribution in [3.8, 4) is 0 Å². The Morgan fingerprint density at radius 2 is 1.73 bits per heavy atom. The zero-order valence-corrected chi connectivity index (χ0v) is 28.7. The molecule has 0 radical (unpaired) electrons. The summed E-state index contributed by atoms with van der Waals surface area (Å²) in [6.45, 7) is 3.90. The van der Waals surface area contributed by atoms with Gasteiger partial charge in [-0.3, -0.25) is 14.3 Å². The van der Waals surface area contributed by atoms with Gasteiger partial charge in [0, 0.05) is 30.2 Å². The van der Waals surface area contributed by atoms with Gasteiger partial charge in [-0.25, -0.2) is 4.98 Å². The van der Waals surface area contributed by atoms with Crippen molar-refractivity contribution in [3.63, 3.8) is 0 Å². The van der Waals surface area contributed by atoms with Crippen LogP contribution in [0.4, 0.5) is 0 Å². The number of hydrogen-bond donors (Lipinski definition) is 1. The molecule has 3 aliphatic rings. The van der Waals surface area contributed by atoms with Crippen LogP contribution in [0.3, 0.4) is 0 Å². The molecule has 48 heavy (non-hydrogen) atoms. The quantitative estimate of drug-likeness (QED) is 0.175. The summed E-state index contributed by atoms with van der Waals surface area (Å²) in [5, 5.41) is 8.95. The molecule has 2 saturated carbocycles. The maximum absolute atomic E-state index is 13.6. The van der Waals surface area contributed by atoms with Crippen LogP contribution in [-0.4, -0.2) is 51.2 Å². The van der Waals surface area contributed by atoms with E-state index in [0.717, 1.165) is 69.8 Å². The van der Waals surface area contributed by atoms with Gasteiger partial charge in [0.25, 0.3) is 5.91 Å². The minimum absolute atomic E-state index is 0.0607. The highest BCUT2D eigenvalue weighted by atomic mass is 35.5. The van der Waals surface area contributed by atoms with Crippen LogP contribution < -0.4 is 10.7 Å². The maximum atomic E-state index is 13.6. The molecule has 1 N–H and O–H groups in total. The minimum atomic E-state index is -0.351. The molecule has 3 heterocycles. The van der Waals surface area contributed by atoms with Gasteiger partial charge in [0.1, 0.15) is 18.2 Å². The molecule has 8 nitrogen and oxygen atoms in total. The summed E-state index contributed by atoms with van der Waals surface area (Å²) in [6.07, 6.45) is 18.7. The van der Waals surface area contributed by atoms with E-state index < -0.39 is 0 Å². The number of nitrogens with zero attached hydrogens (tertiary/aromatic N) is 4. The second kappa shape index (κ2) is 15.0. The monoisotopic (exact) mass is 669 g/mol. The summed E-state index contributed by atoms with van der Waals surface area (Å²) in [5.41, 5.74) is 2.85. The van der Waals surface area contributed by atoms with E-state index in [1.165, 1.54) is 56.6 Å². The Bertz CT molecular complexity index is 1720. The van der Waals surface area contributed by atoms with E-state index in [2.05, 4.69) is 26.4 Å². The zero-order valence-electron chi connectivity index (χ0n) is 27.9. The Morgan fingerprint density at radius 3 is 2.46 bits per heavy atom. The van der Waals surface area contributed by atoms with Crippen LogP contribution >= 0.6 is 11.6 Å². The molecule has 1 aliphatic heterocycles. The second-order valence-corrected chi connectivity index (χ2v) is 15.1. The number of benzene rings is 2.